The molecule has 8 heteroatoms. The maximum Gasteiger partial charge on any atom is 0.347 e. The monoisotopic (exact) mass is 445 g/mol. The molecule has 33 heavy (non-hydrogen) atoms. The topological polar surface area (TPSA) is 99.2 Å². The number of fused-ring (bicyclic) bond motifs is 1. The van der Waals surface area contributed by atoms with Crippen LogP contribution in [-0.2, 0) is 11.3 Å². The van der Waals surface area contributed by atoms with E-state index in [1.165, 1.54) is 44.6 Å². The molecule has 0 saturated carbocycles. The van der Waals surface area contributed by atoms with Gasteiger partial charge < -0.3 is 14.2 Å². The fraction of sp³-hybridized carbons (Fsp3) is 0.120. The lowest BCUT2D eigenvalue weighted by Crippen LogP contribution is -2.29. The highest BCUT2D eigenvalue weighted by Crippen LogP contribution is 2.27. The third-order valence-electron chi connectivity index (χ3n) is 5.19. The molecule has 0 unspecified atom stereocenters. The fourth-order valence-electron chi connectivity index (χ4n) is 3.52. The number of benzene rings is 3. The molecule has 0 radical (unpaired) electrons. The van der Waals surface area contributed by atoms with E-state index in [1.807, 2.05) is 0 Å². The minimum atomic E-state index is -0.693. The Morgan fingerprint density at radius 3 is 2.03 bits per heavy atom. The number of hydrogen-bond donors (Lipinski definition) is 0. The first-order valence-electron chi connectivity index (χ1n) is 9.95. The first-order chi connectivity index (χ1) is 15.9. The van der Waals surface area contributed by atoms with Crippen LogP contribution in [0.1, 0.15) is 47.0 Å². The number of amides is 2. The van der Waals surface area contributed by atoms with Gasteiger partial charge in [-0.3, -0.25) is 14.5 Å². The molecule has 2 amide bonds. The molecule has 4 rings (SSSR count). The molecule has 0 bridgehead atoms. The van der Waals surface area contributed by atoms with Crippen molar-refractivity contribution in [3.05, 3.63) is 94.5 Å². The molecule has 0 saturated heterocycles. The number of carbonyl (C=O) groups is 4. The van der Waals surface area contributed by atoms with Gasteiger partial charge in [0.25, 0.3) is 11.8 Å². The van der Waals surface area contributed by atoms with Gasteiger partial charge in [-0.15, -0.1) is 0 Å². The van der Waals surface area contributed by atoms with Crippen LogP contribution >= 0.6 is 0 Å². The zero-order valence-corrected chi connectivity index (χ0v) is 17.9. The third-order valence-corrected chi connectivity index (χ3v) is 5.19. The van der Waals surface area contributed by atoms with Crippen molar-refractivity contribution in [2.45, 2.75) is 6.54 Å². The molecule has 0 atom stereocenters. The van der Waals surface area contributed by atoms with Gasteiger partial charge in [-0.25, -0.2) is 9.59 Å². The first kappa shape index (κ1) is 21.8. The summed E-state index contributed by atoms with van der Waals surface area (Å²) in [5, 5.41) is 0. The maximum absolute atomic E-state index is 12.8. The summed E-state index contributed by atoms with van der Waals surface area (Å²) in [6, 6.07) is 17.3. The van der Waals surface area contributed by atoms with Crippen molar-refractivity contribution in [3.63, 3.8) is 0 Å². The number of nitrogens with zero attached hydrogens (tertiary/aromatic N) is 1. The quantitative estimate of drug-likeness (QED) is 0.325. The molecule has 0 aliphatic carbocycles. The smallest absolute Gasteiger partial charge is 0.347 e. The van der Waals surface area contributed by atoms with Gasteiger partial charge in [0.15, 0.2) is 0 Å². The van der Waals surface area contributed by atoms with E-state index in [4.69, 9.17) is 9.47 Å². The summed E-state index contributed by atoms with van der Waals surface area (Å²) in [5.74, 6) is -1.47. The van der Waals surface area contributed by atoms with Crippen LogP contribution in [0.15, 0.2) is 66.7 Å². The highest BCUT2D eigenvalue weighted by Gasteiger charge is 2.35. The largest absolute Gasteiger partial charge is 0.496 e. The van der Waals surface area contributed by atoms with Crippen LogP contribution < -0.4 is 9.47 Å². The summed E-state index contributed by atoms with van der Waals surface area (Å²) in [5.41, 5.74) is 1.71. The second kappa shape index (κ2) is 8.96. The van der Waals surface area contributed by atoms with Crippen molar-refractivity contribution in [2.24, 2.45) is 0 Å². The maximum atomic E-state index is 12.8. The number of rotatable bonds is 6. The first-order valence-corrected chi connectivity index (χ1v) is 9.95. The molecule has 0 N–H and O–H groups in total. The van der Waals surface area contributed by atoms with Crippen LogP contribution in [0.3, 0.4) is 0 Å². The molecule has 1 aliphatic rings. The van der Waals surface area contributed by atoms with Crippen molar-refractivity contribution in [1.82, 2.24) is 4.90 Å². The van der Waals surface area contributed by atoms with Crippen LogP contribution in [0.2, 0.25) is 0 Å². The van der Waals surface area contributed by atoms with Crippen molar-refractivity contribution in [1.29, 1.82) is 0 Å². The Kier molecular flexibility index (Phi) is 5.91. The second-order valence-electron chi connectivity index (χ2n) is 7.18. The highest BCUT2D eigenvalue weighted by molar-refractivity contribution is 6.21. The van der Waals surface area contributed by atoms with Gasteiger partial charge in [0.1, 0.15) is 17.1 Å². The fourth-order valence-corrected chi connectivity index (χ4v) is 3.52. The van der Waals surface area contributed by atoms with Crippen LogP contribution in [0.25, 0.3) is 0 Å². The van der Waals surface area contributed by atoms with Gasteiger partial charge in [-0.2, -0.15) is 0 Å². The lowest BCUT2D eigenvalue weighted by molar-refractivity contribution is 0.0597. The predicted molar refractivity (Wildman–Crippen MR) is 116 cm³/mol. The average molecular weight is 445 g/mol. The summed E-state index contributed by atoms with van der Waals surface area (Å²) in [6.45, 7) is -0.00948. The van der Waals surface area contributed by atoms with E-state index in [9.17, 15) is 19.2 Å². The Hall–Kier alpha value is -4.46. The van der Waals surface area contributed by atoms with Crippen molar-refractivity contribution < 1.29 is 33.4 Å². The number of ether oxygens (including phenoxy) is 3. The molecular weight excluding hydrogens is 426 g/mol. The average Bonchev–Trinajstić information content (AvgIpc) is 3.09. The lowest BCUT2D eigenvalue weighted by atomic mass is 10.1. The SMILES string of the molecule is COC(=O)c1ccc(OC(=O)c2cc(CN3C(=O)c4ccccc4C3=O)ccc2OC)cc1. The number of hydrogen-bond acceptors (Lipinski definition) is 7. The van der Waals surface area contributed by atoms with E-state index >= 15 is 0 Å². The molecule has 3 aromatic rings. The minimum Gasteiger partial charge on any atom is -0.496 e. The third kappa shape index (κ3) is 4.18. The molecule has 0 spiro atoms. The lowest BCUT2D eigenvalue weighted by Gasteiger charge is -2.16. The number of carbonyl (C=O) groups excluding carboxylic acids is 4. The van der Waals surface area contributed by atoms with E-state index in [0.29, 0.717) is 22.3 Å². The Morgan fingerprint density at radius 1 is 0.818 bits per heavy atom. The zero-order valence-electron chi connectivity index (χ0n) is 17.9. The Balaban J connectivity index is 1.55. The number of methoxy groups -OCH3 is 2. The van der Waals surface area contributed by atoms with Crippen molar-refractivity contribution >= 4 is 23.8 Å². The van der Waals surface area contributed by atoms with Gasteiger partial charge in [0.05, 0.1) is 37.5 Å². The normalized spacial score (nSPS) is 12.4. The molecule has 3 aromatic carbocycles. The van der Waals surface area contributed by atoms with Crippen molar-refractivity contribution in [2.75, 3.05) is 14.2 Å². The van der Waals surface area contributed by atoms with E-state index < -0.39 is 11.9 Å². The van der Waals surface area contributed by atoms with E-state index in [2.05, 4.69) is 4.74 Å². The van der Waals surface area contributed by atoms with Crippen LogP contribution in [-0.4, -0.2) is 42.9 Å². The Morgan fingerprint density at radius 2 is 1.45 bits per heavy atom. The second-order valence-corrected chi connectivity index (χ2v) is 7.18. The Labute approximate surface area is 189 Å². The number of esters is 2. The van der Waals surface area contributed by atoms with Crippen LogP contribution in [0.4, 0.5) is 0 Å². The van der Waals surface area contributed by atoms with Gasteiger partial charge in [-0.05, 0) is 54.1 Å². The highest BCUT2D eigenvalue weighted by atomic mass is 16.5. The molecule has 166 valence electrons. The standard InChI is InChI=1S/C25H19NO7/c1-31-21-12-7-15(14-26-22(27)18-5-3-4-6-19(18)23(26)28)13-20(21)25(30)33-17-10-8-16(9-11-17)24(29)32-2/h3-13H,14H2,1-2H3. The summed E-state index contributed by atoms with van der Waals surface area (Å²) < 4.78 is 15.3. The summed E-state index contributed by atoms with van der Waals surface area (Å²) in [4.78, 5) is 50.8. The van der Waals surface area contributed by atoms with E-state index in [0.717, 1.165) is 4.90 Å². The summed E-state index contributed by atoms with van der Waals surface area (Å²) in [7, 11) is 2.69. The van der Waals surface area contributed by atoms with Crippen LogP contribution in [0, 0.1) is 0 Å². The minimum absolute atomic E-state index is 0.00948. The number of imide groups is 1. The van der Waals surface area contributed by atoms with E-state index in [1.54, 1.807) is 36.4 Å². The van der Waals surface area contributed by atoms with Gasteiger partial charge >= 0.3 is 11.9 Å². The molecule has 8 nitrogen and oxygen atoms in total. The van der Waals surface area contributed by atoms with Gasteiger partial charge in [0, 0.05) is 0 Å². The van der Waals surface area contributed by atoms with Crippen LogP contribution in [0.5, 0.6) is 11.5 Å². The molecule has 0 fully saturated rings. The Bertz CT molecular complexity index is 1230. The predicted octanol–water partition coefficient (Wildman–Crippen LogP) is 3.50. The molecule has 1 aliphatic heterocycles. The summed E-state index contributed by atoms with van der Waals surface area (Å²) in [6.07, 6.45) is 0. The van der Waals surface area contributed by atoms with Gasteiger partial charge in [-0.1, -0.05) is 18.2 Å². The molecular formula is C25H19NO7. The molecule has 1 heterocycles. The van der Waals surface area contributed by atoms with Crippen molar-refractivity contribution in [3.8, 4) is 11.5 Å². The zero-order chi connectivity index (χ0) is 23.5. The van der Waals surface area contributed by atoms with E-state index in [-0.39, 0.29) is 35.4 Å². The summed E-state index contributed by atoms with van der Waals surface area (Å²) >= 11 is 0. The van der Waals surface area contributed by atoms with Gasteiger partial charge in [0.2, 0.25) is 0 Å². The molecule has 0 aromatic heterocycles.